The molecule has 0 bridgehead atoms. The molecule has 1 atom stereocenters. The second-order valence-corrected chi connectivity index (χ2v) is 4.14. The molecule has 0 aromatic carbocycles. The summed E-state index contributed by atoms with van der Waals surface area (Å²) in [6.07, 6.45) is 5.90. The van der Waals surface area contributed by atoms with Crippen molar-refractivity contribution in [3.63, 3.8) is 0 Å². The third-order valence-corrected chi connectivity index (χ3v) is 2.86. The van der Waals surface area contributed by atoms with Crippen molar-refractivity contribution in [1.29, 1.82) is 0 Å². The normalized spacial score (nSPS) is 18.7. The molecule has 0 aliphatic carbocycles. The van der Waals surface area contributed by atoms with E-state index in [1.165, 1.54) is 18.7 Å². The van der Waals surface area contributed by atoms with E-state index < -0.39 is 5.97 Å². The summed E-state index contributed by atoms with van der Waals surface area (Å²) >= 11 is 0. The van der Waals surface area contributed by atoms with E-state index in [0.717, 1.165) is 12.8 Å². The first-order valence-corrected chi connectivity index (χ1v) is 5.71. The maximum Gasteiger partial charge on any atom is 0.322 e. The summed E-state index contributed by atoms with van der Waals surface area (Å²) in [6, 6.07) is -0.527. The topological polar surface area (TPSA) is 95.4 Å². The van der Waals surface area contributed by atoms with Crippen molar-refractivity contribution in [3.05, 3.63) is 18.7 Å². The molecule has 2 N–H and O–H groups in total. The Morgan fingerprint density at radius 2 is 2.17 bits per heavy atom. The van der Waals surface area contributed by atoms with Crippen LogP contribution in [0.15, 0.2) is 18.7 Å². The van der Waals surface area contributed by atoms with Crippen LogP contribution in [0.5, 0.6) is 0 Å². The van der Waals surface area contributed by atoms with Crippen LogP contribution in [-0.4, -0.2) is 44.6 Å². The van der Waals surface area contributed by atoms with Crippen LogP contribution in [0.1, 0.15) is 19.3 Å². The molecule has 1 unspecified atom stereocenters. The lowest BCUT2D eigenvalue weighted by atomic mass is 10.1. The Balaban J connectivity index is 1.98. The Bertz CT molecular complexity index is 437. The summed E-state index contributed by atoms with van der Waals surface area (Å²) in [5, 5.41) is 11.4. The number of rotatable bonds is 3. The van der Waals surface area contributed by atoms with Gasteiger partial charge in [-0.1, -0.05) is 0 Å². The fourth-order valence-corrected chi connectivity index (χ4v) is 2.08. The fraction of sp³-hybridized carbons (Fsp3) is 0.455. The number of hydrogen-bond donors (Lipinski definition) is 2. The molecule has 0 saturated carbocycles. The number of urea groups is 1. The minimum Gasteiger partial charge on any atom is -0.481 e. The summed E-state index contributed by atoms with van der Waals surface area (Å²) in [5.74, 6) is -0.886. The van der Waals surface area contributed by atoms with Crippen LogP contribution < -0.4 is 5.32 Å². The highest BCUT2D eigenvalue weighted by molar-refractivity contribution is 5.89. The predicted molar refractivity (Wildman–Crippen MR) is 63.0 cm³/mol. The zero-order valence-electron chi connectivity index (χ0n) is 9.74. The lowest BCUT2D eigenvalue weighted by Crippen LogP contribution is -2.39. The van der Waals surface area contributed by atoms with Gasteiger partial charge in [0.1, 0.15) is 6.33 Å². The van der Waals surface area contributed by atoms with Crippen molar-refractivity contribution in [2.24, 2.45) is 0 Å². The molecular formula is C11H14N4O3. The Morgan fingerprint density at radius 1 is 1.44 bits per heavy atom. The molecule has 0 radical (unpaired) electrons. The molecule has 7 heteroatoms. The summed E-state index contributed by atoms with van der Waals surface area (Å²) in [5.41, 5.74) is 0.503. The van der Waals surface area contributed by atoms with E-state index in [0.29, 0.717) is 12.2 Å². The third kappa shape index (κ3) is 2.93. The molecule has 1 fully saturated rings. The minimum absolute atomic E-state index is 0.0152. The van der Waals surface area contributed by atoms with Crippen molar-refractivity contribution < 1.29 is 14.7 Å². The van der Waals surface area contributed by atoms with Crippen molar-refractivity contribution in [1.82, 2.24) is 14.9 Å². The van der Waals surface area contributed by atoms with Crippen LogP contribution in [0.25, 0.3) is 0 Å². The van der Waals surface area contributed by atoms with Gasteiger partial charge in [0.2, 0.25) is 0 Å². The number of aliphatic carboxylic acids is 1. The molecule has 1 aliphatic heterocycles. The van der Waals surface area contributed by atoms with E-state index in [9.17, 15) is 9.59 Å². The van der Waals surface area contributed by atoms with Crippen molar-refractivity contribution in [2.75, 3.05) is 11.9 Å². The fourth-order valence-electron chi connectivity index (χ4n) is 2.08. The largest absolute Gasteiger partial charge is 0.481 e. The highest BCUT2D eigenvalue weighted by atomic mass is 16.4. The molecule has 1 aromatic heterocycles. The Kier molecular flexibility index (Phi) is 3.71. The van der Waals surface area contributed by atoms with Gasteiger partial charge in [-0.3, -0.25) is 4.79 Å². The summed E-state index contributed by atoms with van der Waals surface area (Å²) in [6.45, 7) is 0.581. The minimum atomic E-state index is -0.886. The van der Waals surface area contributed by atoms with Gasteiger partial charge in [-0.25, -0.2) is 14.8 Å². The highest BCUT2D eigenvalue weighted by Crippen LogP contribution is 2.21. The van der Waals surface area contributed by atoms with Gasteiger partial charge in [0.25, 0.3) is 0 Å². The molecule has 2 amide bonds. The van der Waals surface area contributed by atoms with Gasteiger partial charge in [-0.2, -0.15) is 0 Å². The Hall–Kier alpha value is -2.18. The maximum absolute atomic E-state index is 12.0. The number of hydrogen-bond acceptors (Lipinski definition) is 4. The van der Waals surface area contributed by atoms with Crippen LogP contribution in [-0.2, 0) is 4.79 Å². The number of nitrogens with one attached hydrogen (secondary N) is 1. The van der Waals surface area contributed by atoms with E-state index in [1.54, 1.807) is 4.90 Å². The molecule has 1 saturated heterocycles. The van der Waals surface area contributed by atoms with Gasteiger partial charge in [0.05, 0.1) is 24.5 Å². The van der Waals surface area contributed by atoms with Crippen LogP contribution in [0.3, 0.4) is 0 Å². The average molecular weight is 250 g/mol. The van der Waals surface area contributed by atoms with Crippen LogP contribution in [0.2, 0.25) is 0 Å². The molecule has 2 rings (SSSR count). The van der Waals surface area contributed by atoms with E-state index in [2.05, 4.69) is 15.3 Å². The van der Waals surface area contributed by atoms with E-state index in [1.807, 2.05) is 0 Å². The molecule has 1 aromatic rings. The zero-order chi connectivity index (χ0) is 13.0. The zero-order valence-corrected chi connectivity index (χ0v) is 9.74. The lowest BCUT2D eigenvalue weighted by Gasteiger charge is -2.23. The molecule has 2 heterocycles. The summed E-state index contributed by atoms with van der Waals surface area (Å²) < 4.78 is 0. The van der Waals surface area contributed by atoms with Gasteiger partial charge in [0, 0.05) is 12.6 Å². The van der Waals surface area contributed by atoms with Crippen molar-refractivity contribution >= 4 is 17.7 Å². The van der Waals surface area contributed by atoms with Crippen LogP contribution in [0.4, 0.5) is 10.5 Å². The second kappa shape index (κ2) is 5.44. The van der Waals surface area contributed by atoms with Crippen LogP contribution in [0, 0.1) is 0 Å². The number of aromatic nitrogens is 2. The van der Waals surface area contributed by atoms with Crippen molar-refractivity contribution in [2.45, 2.75) is 25.3 Å². The molecule has 0 spiro atoms. The predicted octanol–water partition coefficient (Wildman–Crippen LogP) is 0.948. The number of carboxylic acid groups (broad SMARTS) is 1. The first kappa shape index (κ1) is 12.3. The molecule has 18 heavy (non-hydrogen) atoms. The van der Waals surface area contributed by atoms with Gasteiger partial charge < -0.3 is 15.3 Å². The number of anilines is 1. The smallest absolute Gasteiger partial charge is 0.322 e. The first-order chi connectivity index (χ1) is 8.66. The third-order valence-electron chi connectivity index (χ3n) is 2.86. The SMILES string of the molecule is O=C(O)CC1CCCN1C(=O)Nc1cncnc1. The molecular weight excluding hydrogens is 236 g/mol. The number of nitrogens with zero attached hydrogens (tertiary/aromatic N) is 3. The Labute approximate surface area is 104 Å². The number of amides is 2. The van der Waals surface area contributed by atoms with Gasteiger partial charge in [-0.15, -0.1) is 0 Å². The van der Waals surface area contributed by atoms with Gasteiger partial charge in [0.15, 0.2) is 0 Å². The van der Waals surface area contributed by atoms with Crippen molar-refractivity contribution in [3.8, 4) is 0 Å². The first-order valence-electron chi connectivity index (χ1n) is 5.71. The lowest BCUT2D eigenvalue weighted by molar-refractivity contribution is -0.137. The number of likely N-dealkylation sites (tertiary alicyclic amines) is 1. The monoisotopic (exact) mass is 250 g/mol. The highest BCUT2D eigenvalue weighted by Gasteiger charge is 2.30. The van der Waals surface area contributed by atoms with E-state index >= 15 is 0 Å². The number of carboxylic acids is 1. The maximum atomic E-state index is 12.0. The average Bonchev–Trinajstić information content (AvgIpc) is 2.77. The summed E-state index contributed by atoms with van der Waals surface area (Å²) in [4.78, 5) is 31.8. The molecule has 7 nitrogen and oxygen atoms in total. The second-order valence-electron chi connectivity index (χ2n) is 4.14. The summed E-state index contributed by atoms with van der Waals surface area (Å²) in [7, 11) is 0. The van der Waals surface area contributed by atoms with Gasteiger partial charge in [-0.05, 0) is 12.8 Å². The van der Waals surface area contributed by atoms with Crippen LogP contribution >= 0.6 is 0 Å². The quantitative estimate of drug-likeness (QED) is 0.832. The van der Waals surface area contributed by atoms with Gasteiger partial charge >= 0.3 is 12.0 Å². The number of carbonyl (C=O) groups is 2. The van der Waals surface area contributed by atoms with E-state index in [4.69, 9.17) is 5.11 Å². The molecule has 1 aliphatic rings. The molecule has 96 valence electrons. The Morgan fingerprint density at radius 3 is 2.83 bits per heavy atom. The van der Waals surface area contributed by atoms with E-state index in [-0.39, 0.29) is 18.5 Å². The standard InChI is InChI=1S/C11H14N4O3/c16-10(17)4-9-2-1-3-15(9)11(18)14-8-5-12-7-13-6-8/h5-7,9H,1-4H2,(H,14,18)(H,16,17). The number of carbonyl (C=O) groups excluding carboxylic acids is 1.